The first-order valence-electron chi connectivity index (χ1n) is 20.8. The Hall–Kier alpha value is -3.73. The fourth-order valence-electron chi connectivity index (χ4n) is 13.3. The number of carbonyl (C=O) groups is 5. The summed E-state index contributed by atoms with van der Waals surface area (Å²) in [7, 11) is -4.02. The van der Waals surface area contributed by atoms with Crippen LogP contribution in [0.1, 0.15) is 132 Å². The second kappa shape index (κ2) is 15.4. The summed E-state index contributed by atoms with van der Waals surface area (Å²) in [5, 5.41) is 7.08. The summed E-state index contributed by atoms with van der Waals surface area (Å²) in [6.45, 7) is 10.9. The number of allylic oxidation sites excluding steroid dienone is 2. The fraction of sp³-hybridized carbons (Fsp3) is 0.660. The van der Waals surface area contributed by atoms with Gasteiger partial charge in [-0.2, -0.15) is 8.42 Å². The minimum absolute atomic E-state index is 0. The van der Waals surface area contributed by atoms with Gasteiger partial charge in [0.15, 0.2) is 5.78 Å². The van der Waals surface area contributed by atoms with Crippen molar-refractivity contribution in [3.8, 4) is 0 Å². The number of nitrogens with one attached hydrogen (secondary N) is 1. The number of rotatable bonds is 3. The monoisotopic (exact) mass is 816 g/mol. The van der Waals surface area contributed by atoms with E-state index in [2.05, 4.69) is 24.3 Å². The van der Waals surface area contributed by atoms with Crippen LogP contribution in [0.2, 0.25) is 0 Å². The number of nitrogens with zero attached hydrogens (tertiary/aromatic N) is 1. The molecule has 0 unspecified atom stereocenters. The van der Waals surface area contributed by atoms with Crippen molar-refractivity contribution < 1.29 is 36.7 Å². The molecule has 11 heteroatoms. The molecule has 0 bridgehead atoms. The molecular weight excluding hydrogens is 753 g/mol. The summed E-state index contributed by atoms with van der Waals surface area (Å²) >= 11 is 0. The van der Waals surface area contributed by atoms with Gasteiger partial charge in [-0.15, -0.1) is 0 Å². The van der Waals surface area contributed by atoms with Gasteiger partial charge in [-0.1, -0.05) is 76.5 Å². The van der Waals surface area contributed by atoms with Crippen LogP contribution in [0.5, 0.6) is 0 Å². The zero-order valence-electron chi connectivity index (χ0n) is 33.4. The van der Waals surface area contributed by atoms with Crippen molar-refractivity contribution in [2.24, 2.45) is 62.3 Å². The lowest BCUT2D eigenvalue weighted by Gasteiger charge is -2.55. The van der Waals surface area contributed by atoms with Gasteiger partial charge in [-0.25, -0.2) is 0 Å². The standard InChI is InChI=1S/C26H32N2O5S.C19H24O3.2CH4/c1-16-4-7-18(8-5-16)34(31,32)33-28-22-11-10-20-19-9-6-17-14-23(30)27-13-12-25(17,2)24(19)21(29)15-26(20,22)3;1-18-8-7-12(20)9-11(18)3-4-13-14-5-6-16(22)19(14,2)10-15(21)17(13)18;;/h4-5,7-8,14,19-20,24H,6,9-13,15H2,1-3H3,(H,27,30);9,13-14,17H,3-8,10H2,1-2H3;2*1H4/b28-22+;;;/t19-,20-,24+,25-,26-;13-,14-,17+,18-,19-;;/m00../s1. The van der Waals surface area contributed by atoms with E-state index in [-0.39, 0.29) is 77.5 Å². The first-order valence-corrected chi connectivity index (χ1v) is 22.2. The number of benzene rings is 1. The van der Waals surface area contributed by atoms with Crippen molar-refractivity contribution in [1.82, 2.24) is 5.32 Å². The number of ketones is 4. The summed E-state index contributed by atoms with van der Waals surface area (Å²) < 4.78 is 30.5. The Kier molecular flexibility index (Phi) is 11.6. The van der Waals surface area contributed by atoms with Gasteiger partial charge in [0.05, 0.1) is 5.71 Å². The van der Waals surface area contributed by atoms with Crippen molar-refractivity contribution in [2.45, 2.75) is 138 Å². The fourth-order valence-corrected chi connectivity index (χ4v) is 14.1. The number of Topliss-reactive ketones (excluding diaryl/α,β-unsaturated/α-hetero) is 3. The molecule has 1 aliphatic heterocycles. The van der Waals surface area contributed by atoms with Crippen LogP contribution in [-0.2, 0) is 38.4 Å². The molecule has 0 radical (unpaired) electrons. The molecule has 1 aromatic carbocycles. The maximum absolute atomic E-state index is 13.7. The van der Waals surface area contributed by atoms with Crippen LogP contribution in [-0.4, -0.2) is 49.7 Å². The maximum Gasteiger partial charge on any atom is 0.358 e. The SMILES string of the molecule is C.C.C[C@]12CCC(=O)C=C1CC[C@@H]1[C@@H]2C(=O)C[C@]2(C)C(=O)CC[C@@H]12.Cc1ccc(S(=O)(=O)O/N=C2\CC[C@H]3[C@@H]4CCC5=CC(=O)NCC[C@]5(C)[C@H]4C(=O)C[C@]23C)cc1. The van der Waals surface area contributed by atoms with Crippen LogP contribution in [0.15, 0.2) is 57.6 Å². The second-order valence-corrected chi connectivity index (χ2v) is 20.8. The number of amides is 1. The van der Waals surface area contributed by atoms with Crippen molar-refractivity contribution in [3.63, 3.8) is 0 Å². The third-order valence-electron chi connectivity index (χ3n) is 16.3. The molecule has 58 heavy (non-hydrogen) atoms. The predicted octanol–water partition coefficient (Wildman–Crippen LogP) is 8.46. The van der Waals surface area contributed by atoms with E-state index in [0.717, 1.165) is 62.5 Å². The van der Waals surface area contributed by atoms with E-state index in [1.807, 2.05) is 26.8 Å². The van der Waals surface area contributed by atoms with Gasteiger partial charge < -0.3 is 5.32 Å². The van der Waals surface area contributed by atoms with E-state index in [4.69, 9.17) is 4.28 Å². The lowest BCUT2D eigenvalue weighted by Crippen LogP contribution is -2.55. The van der Waals surface area contributed by atoms with E-state index in [9.17, 15) is 32.4 Å². The summed E-state index contributed by atoms with van der Waals surface area (Å²) in [6, 6.07) is 6.47. The zero-order valence-corrected chi connectivity index (χ0v) is 34.3. The number of oxime groups is 1. The highest BCUT2D eigenvalue weighted by atomic mass is 32.2. The minimum Gasteiger partial charge on any atom is -0.353 e. The molecule has 316 valence electrons. The van der Waals surface area contributed by atoms with Gasteiger partial charge in [0, 0.05) is 66.4 Å². The average molecular weight is 817 g/mol. The molecule has 6 fully saturated rings. The number of hydrogen-bond donors (Lipinski definition) is 1. The van der Waals surface area contributed by atoms with Crippen molar-refractivity contribution in [2.75, 3.05) is 6.54 Å². The molecule has 7 aliphatic carbocycles. The van der Waals surface area contributed by atoms with Crippen LogP contribution in [0.4, 0.5) is 0 Å². The molecule has 1 aromatic rings. The molecule has 6 saturated carbocycles. The van der Waals surface area contributed by atoms with Crippen molar-refractivity contribution >= 4 is 44.9 Å². The smallest absolute Gasteiger partial charge is 0.353 e. The van der Waals surface area contributed by atoms with E-state index < -0.39 is 20.9 Å². The van der Waals surface area contributed by atoms with E-state index in [1.165, 1.54) is 17.7 Å². The van der Waals surface area contributed by atoms with Gasteiger partial charge in [0.25, 0.3) is 0 Å². The summed E-state index contributed by atoms with van der Waals surface area (Å²) in [5.74, 6) is 2.00. The van der Waals surface area contributed by atoms with Crippen molar-refractivity contribution in [1.29, 1.82) is 0 Å². The van der Waals surface area contributed by atoms with Crippen LogP contribution >= 0.6 is 0 Å². The first-order chi connectivity index (χ1) is 26.4. The summed E-state index contributed by atoms with van der Waals surface area (Å²) in [4.78, 5) is 63.0. The lowest BCUT2D eigenvalue weighted by molar-refractivity contribution is -0.150. The first kappa shape index (κ1) is 43.8. The van der Waals surface area contributed by atoms with Gasteiger partial charge in [-0.05, 0) is 112 Å². The zero-order chi connectivity index (χ0) is 40.0. The largest absolute Gasteiger partial charge is 0.358 e. The Morgan fingerprint density at radius 2 is 1.22 bits per heavy atom. The quantitative estimate of drug-likeness (QED) is 0.298. The third kappa shape index (κ3) is 6.88. The second-order valence-electron chi connectivity index (χ2n) is 19.3. The Bertz CT molecular complexity index is 2100. The number of fused-ring (bicyclic) bond motifs is 10. The number of aryl methyl sites for hydroxylation is 1. The molecule has 9 rings (SSSR count). The highest BCUT2D eigenvalue weighted by Crippen LogP contribution is 2.64. The van der Waals surface area contributed by atoms with Gasteiger partial charge in [-0.3, -0.25) is 28.3 Å². The van der Waals surface area contributed by atoms with E-state index in [1.54, 1.807) is 18.2 Å². The Labute approximate surface area is 345 Å². The highest BCUT2D eigenvalue weighted by Gasteiger charge is 2.63. The van der Waals surface area contributed by atoms with E-state index >= 15 is 0 Å². The molecule has 8 aliphatic rings. The lowest BCUT2D eigenvalue weighted by atomic mass is 9.47. The molecule has 1 heterocycles. The molecule has 0 aromatic heterocycles. The molecular formula is C47H64N2O8S. The average Bonchev–Trinajstić information content (AvgIpc) is 3.56. The maximum atomic E-state index is 13.7. The molecule has 10 atom stereocenters. The highest BCUT2D eigenvalue weighted by molar-refractivity contribution is 7.86. The third-order valence-corrected chi connectivity index (χ3v) is 17.5. The molecule has 0 spiro atoms. The van der Waals surface area contributed by atoms with Crippen molar-refractivity contribution in [3.05, 3.63) is 53.1 Å². The Morgan fingerprint density at radius 3 is 1.86 bits per heavy atom. The van der Waals surface area contributed by atoms with Crippen LogP contribution in [0.3, 0.4) is 0 Å². The van der Waals surface area contributed by atoms with Gasteiger partial charge >= 0.3 is 10.1 Å². The number of carbonyl (C=O) groups excluding carboxylic acids is 5. The molecule has 10 nitrogen and oxygen atoms in total. The summed E-state index contributed by atoms with van der Waals surface area (Å²) in [5.41, 5.74) is 2.57. The minimum atomic E-state index is -4.02. The predicted molar refractivity (Wildman–Crippen MR) is 223 cm³/mol. The Balaban J connectivity index is 0.000000205. The Morgan fingerprint density at radius 1 is 0.672 bits per heavy atom. The van der Waals surface area contributed by atoms with Crippen LogP contribution in [0, 0.1) is 64.1 Å². The summed E-state index contributed by atoms with van der Waals surface area (Å²) in [6.07, 6.45) is 13.1. The van der Waals surface area contributed by atoms with E-state index in [0.29, 0.717) is 62.0 Å². The van der Waals surface area contributed by atoms with Crippen LogP contribution in [0.25, 0.3) is 0 Å². The van der Waals surface area contributed by atoms with Gasteiger partial charge in [0.2, 0.25) is 5.91 Å². The van der Waals surface area contributed by atoms with Gasteiger partial charge in [0.1, 0.15) is 22.2 Å². The number of hydrogen-bond acceptors (Lipinski definition) is 9. The van der Waals surface area contributed by atoms with Crippen LogP contribution < -0.4 is 5.32 Å². The molecule has 1 amide bonds. The topological polar surface area (TPSA) is 153 Å². The molecule has 0 saturated heterocycles. The molecule has 1 N–H and O–H groups in total. The normalized spacial score (nSPS) is 39.5.